The van der Waals surface area contributed by atoms with Crippen molar-refractivity contribution in [3.05, 3.63) is 52.9 Å². The lowest BCUT2D eigenvalue weighted by Gasteiger charge is -2.11. The third kappa shape index (κ3) is 2.71. The number of ether oxygens (including phenoxy) is 1. The molecule has 18 heavy (non-hydrogen) atoms. The first-order chi connectivity index (χ1) is 8.72. The normalized spacial score (nSPS) is 10.2. The van der Waals surface area contributed by atoms with E-state index in [1.807, 2.05) is 0 Å². The average Bonchev–Trinajstić information content (AvgIpc) is 2.38. The Balaban J connectivity index is 2.16. The lowest BCUT2D eigenvalue weighted by molar-refractivity contribution is 0.399. The molecule has 5 heteroatoms. The van der Waals surface area contributed by atoms with Crippen LogP contribution in [0.5, 0.6) is 5.88 Å². The Morgan fingerprint density at radius 3 is 2.89 bits per heavy atom. The number of rotatable bonds is 4. The van der Waals surface area contributed by atoms with E-state index in [2.05, 4.69) is 10.3 Å². The lowest BCUT2D eigenvalue weighted by Crippen LogP contribution is -2.04. The fourth-order valence-corrected chi connectivity index (χ4v) is 1.80. The minimum absolute atomic E-state index is 0.271. The zero-order valence-electron chi connectivity index (χ0n) is 9.78. The summed E-state index contributed by atoms with van der Waals surface area (Å²) in [6.45, 7) is 0.271. The van der Waals surface area contributed by atoms with Crippen molar-refractivity contribution in [1.29, 1.82) is 0 Å². The SMILES string of the molecule is COc1ncccc1NCc1c(F)cccc1Cl. The van der Waals surface area contributed by atoms with Gasteiger partial charge in [-0.25, -0.2) is 9.37 Å². The molecule has 0 saturated carbocycles. The summed E-state index contributed by atoms with van der Waals surface area (Å²) in [7, 11) is 1.53. The fourth-order valence-electron chi connectivity index (χ4n) is 1.57. The van der Waals surface area contributed by atoms with Gasteiger partial charge in [-0.2, -0.15) is 0 Å². The van der Waals surface area contributed by atoms with Gasteiger partial charge in [-0.3, -0.25) is 0 Å². The number of methoxy groups -OCH3 is 1. The molecule has 0 radical (unpaired) electrons. The molecule has 0 amide bonds. The molecule has 1 aromatic carbocycles. The molecular formula is C13H12ClFN2O. The Labute approximate surface area is 110 Å². The number of hydrogen-bond acceptors (Lipinski definition) is 3. The Kier molecular flexibility index (Phi) is 3.99. The van der Waals surface area contributed by atoms with E-state index in [9.17, 15) is 4.39 Å². The quantitative estimate of drug-likeness (QED) is 0.920. The minimum atomic E-state index is -0.335. The van der Waals surface area contributed by atoms with E-state index >= 15 is 0 Å². The number of nitrogens with zero attached hydrogens (tertiary/aromatic N) is 1. The summed E-state index contributed by atoms with van der Waals surface area (Å²) in [6, 6.07) is 8.19. The van der Waals surface area contributed by atoms with E-state index in [1.54, 1.807) is 30.5 Å². The predicted molar refractivity (Wildman–Crippen MR) is 69.5 cm³/mol. The summed E-state index contributed by atoms with van der Waals surface area (Å²) in [5.74, 6) is 0.128. The van der Waals surface area contributed by atoms with Gasteiger partial charge in [0, 0.05) is 23.3 Å². The molecule has 2 rings (SSSR count). The molecule has 0 unspecified atom stereocenters. The largest absolute Gasteiger partial charge is 0.480 e. The van der Waals surface area contributed by atoms with Crippen LogP contribution in [0.3, 0.4) is 0 Å². The zero-order chi connectivity index (χ0) is 13.0. The van der Waals surface area contributed by atoms with Gasteiger partial charge in [0.1, 0.15) is 5.82 Å². The van der Waals surface area contributed by atoms with Crippen molar-refractivity contribution in [2.75, 3.05) is 12.4 Å². The van der Waals surface area contributed by atoms with E-state index < -0.39 is 0 Å². The maximum Gasteiger partial charge on any atom is 0.237 e. The smallest absolute Gasteiger partial charge is 0.237 e. The monoisotopic (exact) mass is 266 g/mol. The van der Waals surface area contributed by atoms with Crippen LogP contribution in [-0.4, -0.2) is 12.1 Å². The van der Waals surface area contributed by atoms with E-state index in [0.29, 0.717) is 22.2 Å². The van der Waals surface area contributed by atoms with E-state index in [0.717, 1.165) is 0 Å². The number of halogens is 2. The van der Waals surface area contributed by atoms with Gasteiger partial charge < -0.3 is 10.1 Å². The highest BCUT2D eigenvalue weighted by Crippen LogP contribution is 2.24. The molecule has 1 heterocycles. The molecule has 0 fully saturated rings. The van der Waals surface area contributed by atoms with Crippen LogP contribution in [-0.2, 0) is 6.54 Å². The number of anilines is 1. The molecule has 3 nitrogen and oxygen atoms in total. The number of nitrogens with one attached hydrogen (secondary N) is 1. The van der Waals surface area contributed by atoms with Gasteiger partial charge in [-0.05, 0) is 24.3 Å². The van der Waals surface area contributed by atoms with Crippen LogP contribution in [0.1, 0.15) is 5.56 Å². The van der Waals surface area contributed by atoms with E-state index in [-0.39, 0.29) is 12.4 Å². The molecule has 94 valence electrons. The fraction of sp³-hybridized carbons (Fsp3) is 0.154. The third-order valence-electron chi connectivity index (χ3n) is 2.48. The standard InChI is InChI=1S/C13H12ClFN2O/c1-18-13-12(6-3-7-16-13)17-8-9-10(14)4-2-5-11(9)15/h2-7,17H,8H2,1H3. The summed E-state index contributed by atoms with van der Waals surface area (Å²) in [4.78, 5) is 4.04. The molecule has 0 aliphatic carbocycles. The second-order valence-corrected chi connectivity index (χ2v) is 4.02. The first kappa shape index (κ1) is 12.6. The van der Waals surface area contributed by atoms with Crippen LogP contribution in [0.4, 0.5) is 10.1 Å². The van der Waals surface area contributed by atoms with Crippen molar-refractivity contribution in [1.82, 2.24) is 4.98 Å². The highest BCUT2D eigenvalue weighted by Gasteiger charge is 2.08. The Morgan fingerprint density at radius 1 is 1.33 bits per heavy atom. The summed E-state index contributed by atoms with van der Waals surface area (Å²) < 4.78 is 18.7. The Morgan fingerprint density at radius 2 is 2.17 bits per heavy atom. The molecule has 0 aliphatic heterocycles. The highest BCUT2D eigenvalue weighted by atomic mass is 35.5. The van der Waals surface area contributed by atoms with Gasteiger partial charge in [0.05, 0.1) is 12.8 Å². The topological polar surface area (TPSA) is 34.1 Å². The number of aromatic nitrogens is 1. The van der Waals surface area contributed by atoms with Gasteiger partial charge in [-0.15, -0.1) is 0 Å². The number of benzene rings is 1. The van der Waals surface area contributed by atoms with Crippen molar-refractivity contribution in [3.8, 4) is 5.88 Å². The molecule has 0 atom stereocenters. The van der Waals surface area contributed by atoms with Gasteiger partial charge in [0.2, 0.25) is 5.88 Å². The molecule has 1 N–H and O–H groups in total. The van der Waals surface area contributed by atoms with E-state index in [1.165, 1.54) is 13.2 Å². The number of pyridine rings is 1. The first-order valence-electron chi connectivity index (χ1n) is 5.38. The average molecular weight is 267 g/mol. The number of hydrogen-bond donors (Lipinski definition) is 1. The third-order valence-corrected chi connectivity index (χ3v) is 2.84. The maximum atomic E-state index is 13.6. The minimum Gasteiger partial charge on any atom is -0.480 e. The van der Waals surface area contributed by atoms with Crippen molar-refractivity contribution >= 4 is 17.3 Å². The second-order valence-electron chi connectivity index (χ2n) is 3.61. The Bertz CT molecular complexity index is 528. The van der Waals surface area contributed by atoms with Crippen LogP contribution < -0.4 is 10.1 Å². The van der Waals surface area contributed by atoms with Crippen LogP contribution in [0, 0.1) is 5.82 Å². The molecule has 2 aromatic rings. The van der Waals surface area contributed by atoms with Crippen molar-refractivity contribution in [3.63, 3.8) is 0 Å². The van der Waals surface area contributed by atoms with Gasteiger partial charge >= 0.3 is 0 Å². The van der Waals surface area contributed by atoms with Crippen LogP contribution >= 0.6 is 11.6 Å². The van der Waals surface area contributed by atoms with Crippen LogP contribution in [0.25, 0.3) is 0 Å². The molecular weight excluding hydrogens is 255 g/mol. The Hall–Kier alpha value is -1.81. The molecule has 0 aliphatic rings. The summed E-state index contributed by atoms with van der Waals surface area (Å²) in [6.07, 6.45) is 1.63. The first-order valence-corrected chi connectivity index (χ1v) is 5.76. The second kappa shape index (κ2) is 5.69. The maximum absolute atomic E-state index is 13.6. The predicted octanol–water partition coefficient (Wildman–Crippen LogP) is 3.49. The van der Waals surface area contributed by atoms with Crippen molar-refractivity contribution in [2.24, 2.45) is 0 Å². The molecule has 0 spiro atoms. The van der Waals surface area contributed by atoms with E-state index in [4.69, 9.17) is 16.3 Å². The molecule has 1 aromatic heterocycles. The lowest BCUT2D eigenvalue weighted by atomic mass is 10.2. The zero-order valence-corrected chi connectivity index (χ0v) is 10.5. The summed E-state index contributed by atoms with van der Waals surface area (Å²) in [5.41, 5.74) is 1.12. The summed E-state index contributed by atoms with van der Waals surface area (Å²) >= 11 is 5.94. The van der Waals surface area contributed by atoms with Crippen molar-refractivity contribution in [2.45, 2.75) is 6.54 Å². The van der Waals surface area contributed by atoms with Crippen molar-refractivity contribution < 1.29 is 9.13 Å². The highest BCUT2D eigenvalue weighted by molar-refractivity contribution is 6.31. The van der Waals surface area contributed by atoms with Gasteiger partial charge in [0.15, 0.2) is 0 Å². The van der Waals surface area contributed by atoms with Crippen LogP contribution in [0.2, 0.25) is 5.02 Å². The molecule has 0 bridgehead atoms. The molecule has 0 saturated heterocycles. The van der Waals surface area contributed by atoms with Crippen LogP contribution in [0.15, 0.2) is 36.5 Å². The van der Waals surface area contributed by atoms with Gasteiger partial charge in [-0.1, -0.05) is 17.7 Å². The van der Waals surface area contributed by atoms with Gasteiger partial charge in [0.25, 0.3) is 0 Å². The summed E-state index contributed by atoms with van der Waals surface area (Å²) in [5, 5.41) is 3.44.